The van der Waals surface area contributed by atoms with Crippen molar-refractivity contribution in [3.05, 3.63) is 72.1 Å². The van der Waals surface area contributed by atoms with Crippen molar-refractivity contribution in [1.82, 2.24) is 9.55 Å². The zero-order valence-corrected chi connectivity index (χ0v) is 14.6. The predicted octanol–water partition coefficient (Wildman–Crippen LogP) is 3.30. The van der Waals surface area contributed by atoms with E-state index in [1.54, 1.807) is 0 Å². The summed E-state index contributed by atoms with van der Waals surface area (Å²) in [7, 11) is 4.07. The van der Waals surface area contributed by atoms with Crippen molar-refractivity contribution in [2.24, 2.45) is 5.73 Å². The van der Waals surface area contributed by atoms with E-state index >= 15 is 0 Å². The van der Waals surface area contributed by atoms with Crippen LogP contribution in [0.1, 0.15) is 11.1 Å². The molecule has 1 heterocycles. The van der Waals surface area contributed by atoms with Gasteiger partial charge >= 0.3 is 0 Å². The van der Waals surface area contributed by atoms with Gasteiger partial charge in [-0.05, 0) is 35.9 Å². The van der Waals surface area contributed by atoms with Crippen LogP contribution in [-0.4, -0.2) is 28.6 Å². The first-order valence-corrected chi connectivity index (χ1v) is 8.13. The lowest BCUT2D eigenvalue weighted by Gasteiger charge is -2.13. The van der Waals surface area contributed by atoms with Gasteiger partial charge in [0, 0.05) is 49.8 Å². The van der Waals surface area contributed by atoms with Crippen LogP contribution in [0.2, 0.25) is 0 Å². The van der Waals surface area contributed by atoms with Crippen molar-refractivity contribution >= 4 is 22.9 Å². The highest BCUT2D eigenvalue weighted by Crippen LogP contribution is 2.22. The van der Waals surface area contributed by atoms with Gasteiger partial charge in [-0.15, -0.1) is 0 Å². The van der Waals surface area contributed by atoms with E-state index in [1.807, 2.05) is 44.7 Å². The minimum absolute atomic E-state index is 0.418. The lowest BCUT2D eigenvalue weighted by Crippen LogP contribution is -2.10. The molecule has 5 heteroatoms. The molecule has 122 valence electrons. The largest absolute Gasteiger partial charge is 0.389 e. The van der Waals surface area contributed by atoms with E-state index < -0.39 is 0 Å². The summed E-state index contributed by atoms with van der Waals surface area (Å²) in [5, 5.41) is 0. The second kappa shape index (κ2) is 6.84. The van der Waals surface area contributed by atoms with Gasteiger partial charge < -0.3 is 15.2 Å². The Kier molecular flexibility index (Phi) is 4.62. The zero-order chi connectivity index (χ0) is 17.1. The van der Waals surface area contributed by atoms with Gasteiger partial charge in [0.2, 0.25) is 0 Å². The van der Waals surface area contributed by atoms with Crippen molar-refractivity contribution < 1.29 is 0 Å². The molecule has 0 saturated carbocycles. The number of hydrogen-bond donors (Lipinski definition) is 1. The number of benzene rings is 2. The molecule has 4 nitrogen and oxygen atoms in total. The molecule has 0 bridgehead atoms. The molecule has 0 unspecified atom stereocenters. The molecule has 0 fully saturated rings. The molecular weight excluding hydrogens is 316 g/mol. The molecule has 0 aliphatic carbocycles. The third-order valence-corrected chi connectivity index (χ3v) is 4.16. The third kappa shape index (κ3) is 3.46. The molecule has 0 amide bonds. The monoisotopic (exact) mass is 336 g/mol. The van der Waals surface area contributed by atoms with Gasteiger partial charge in [0.05, 0.1) is 0 Å². The lowest BCUT2D eigenvalue weighted by atomic mass is 10.1. The Balaban J connectivity index is 1.88. The van der Waals surface area contributed by atoms with E-state index in [9.17, 15) is 0 Å². The quantitative estimate of drug-likeness (QED) is 0.726. The van der Waals surface area contributed by atoms with Crippen LogP contribution in [0.15, 0.2) is 60.9 Å². The average Bonchev–Trinajstić information content (AvgIpc) is 3.03. The Morgan fingerprint density at radius 1 is 1.17 bits per heavy atom. The molecule has 2 aromatic carbocycles. The fourth-order valence-electron chi connectivity index (χ4n) is 2.63. The summed E-state index contributed by atoms with van der Waals surface area (Å²) in [6.07, 6.45) is 3.81. The molecule has 0 radical (unpaired) electrons. The van der Waals surface area contributed by atoms with Crippen LogP contribution in [0.5, 0.6) is 0 Å². The van der Waals surface area contributed by atoms with Crippen molar-refractivity contribution in [3.8, 4) is 11.4 Å². The van der Waals surface area contributed by atoms with Gasteiger partial charge in [-0.2, -0.15) is 0 Å². The molecule has 3 rings (SSSR count). The summed E-state index contributed by atoms with van der Waals surface area (Å²) in [4.78, 5) is 7.01. The molecule has 0 spiro atoms. The number of nitrogens with zero attached hydrogens (tertiary/aromatic N) is 3. The Bertz CT molecular complexity index is 850. The van der Waals surface area contributed by atoms with Gasteiger partial charge in [0.15, 0.2) is 0 Å². The Morgan fingerprint density at radius 3 is 2.58 bits per heavy atom. The maximum atomic E-state index is 5.72. The maximum absolute atomic E-state index is 5.72. The molecule has 2 N–H and O–H groups in total. The number of imidazole rings is 1. The summed E-state index contributed by atoms with van der Waals surface area (Å²) in [5.41, 5.74) is 10.0. The van der Waals surface area contributed by atoms with E-state index in [0.717, 1.165) is 29.1 Å². The molecule has 0 aliphatic heterocycles. The van der Waals surface area contributed by atoms with Crippen LogP contribution < -0.4 is 10.6 Å². The molecule has 3 aromatic rings. The van der Waals surface area contributed by atoms with E-state index in [0.29, 0.717) is 4.99 Å². The number of nitrogens with two attached hydrogens (primary N) is 1. The fraction of sp³-hybridized carbons (Fsp3) is 0.158. The lowest BCUT2D eigenvalue weighted by molar-refractivity contribution is 0.807. The van der Waals surface area contributed by atoms with Crippen LogP contribution in [-0.2, 0) is 6.54 Å². The minimum atomic E-state index is 0.418. The SMILES string of the molecule is CN(C)c1ccc(-c2nccn2Cc2cccc(C(N)=S)c2)cc1. The standard InChI is InChI=1S/C19H20N4S/c1-22(2)17-8-6-15(7-9-17)19-21-10-11-23(19)13-14-4-3-5-16(12-14)18(20)24/h3-12H,13H2,1-2H3,(H2,20,24). The van der Waals surface area contributed by atoms with E-state index in [1.165, 1.54) is 5.69 Å². The minimum Gasteiger partial charge on any atom is -0.389 e. The predicted molar refractivity (Wildman–Crippen MR) is 103 cm³/mol. The summed E-state index contributed by atoms with van der Waals surface area (Å²) >= 11 is 5.06. The summed E-state index contributed by atoms with van der Waals surface area (Å²) in [6, 6.07) is 16.4. The third-order valence-electron chi connectivity index (χ3n) is 3.92. The number of anilines is 1. The zero-order valence-electron chi connectivity index (χ0n) is 13.8. The van der Waals surface area contributed by atoms with Crippen molar-refractivity contribution in [2.45, 2.75) is 6.54 Å². The normalized spacial score (nSPS) is 10.6. The van der Waals surface area contributed by atoms with E-state index in [-0.39, 0.29) is 0 Å². The Labute approximate surface area is 147 Å². The average molecular weight is 336 g/mol. The van der Waals surface area contributed by atoms with Crippen LogP contribution in [0.3, 0.4) is 0 Å². The highest BCUT2D eigenvalue weighted by molar-refractivity contribution is 7.80. The highest BCUT2D eigenvalue weighted by atomic mass is 32.1. The number of thiocarbonyl (C=S) groups is 1. The number of aromatic nitrogens is 2. The molecular formula is C19H20N4S. The first kappa shape index (κ1) is 16.2. The highest BCUT2D eigenvalue weighted by Gasteiger charge is 2.08. The fourth-order valence-corrected chi connectivity index (χ4v) is 2.75. The van der Waals surface area contributed by atoms with Gasteiger partial charge in [-0.1, -0.05) is 30.4 Å². The van der Waals surface area contributed by atoms with Gasteiger partial charge in [0.25, 0.3) is 0 Å². The maximum Gasteiger partial charge on any atom is 0.140 e. The molecule has 24 heavy (non-hydrogen) atoms. The summed E-state index contributed by atoms with van der Waals surface area (Å²) < 4.78 is 2.13. The molecule has 0 atom stereocenters. The van der Waals surface area contributed by atoms with Crippen LogP contribution in [0, 0.1) is 0 Å². The first-order valence-electron chi connectivity index (χ1n) is 7.72. The van der Waals surface area contributed by atoms with Gasteiger partial charge in [-0.3, -0.25) is 0 Å². The van der Waals surface area contributed by atoms with Crippen molar-refractivity contribution in [3.63, 3.8) is 0 Å². The second-order valence-corrected chi connectivity index (χ2v) is 6.32. The number of hydrogen-bond acceptors (Lipinski definition) is 3. The van der Waals surface area contributed by atoms with E-state index in [4.69, 9.17) is 18.0 Å². The smallest absolute Gasteiger partial charge is 0.140 e. The number of rotatable bonds is 5. The van der Waals surface area contributed by atoms with Gasteiger partial charge in [-0.25, -0.2) is 4.98 Å². The van der Waals surface area contributed by atoms with Crippen molar-refractivity contribution in [1.29, 1.82) is 0 Å². The Morgan fingerprint density at radius 2 is 1.92 bits per heavy atom. The van der Waals surface area contributed by atoms with E-state index in [2.05, 4.69) is 44.8 Å². The van der Waals surface area contributed by atoms with Crippen LogP contribution in [0.25, 0.3) is 11.4 Å². The van der Waals surface area contributed by atoms with Crippen LogP contribution in [0.4, 0.5) is 5.69 Å². The topological polar surface area (TPSA) is 47.1 Å². The van der Waals surface area contributed by atoms with Crippen molar-refractivity contribution in [2.75, 3.05) is 19.0 Å². The van der Waals surface area contributed by atoms with Crippen LogP contribution >= 0.6 is 12.2 Å². The Hall–Kier alpha value is -2.66. The molecule has 1 aromatic heterocycles. The molecule has 0 saturated heterocycles. The summed E-state index contributed by atoms with van der Waals surface area (Å²) in [5.74, 6) is 0.945. The van der Waals surface area contributed by atoms with Gasteiger partial charge in [0.1, 0.15) is 10.8 Å². The first-order chi connectivity index (χ1) is 11.5. The molecule has 0 aliphatic rings. The second-order valence-electron chi connectivity index (χ2n) is 5.88. The summed E-state index contributed by atoms with van der Waals surface area (Å²) in [6.45, 7) is 0.723.